The minimum atomic E-state index is -1.23. The molecule has 0 bridgehead atoms. The molecule has 8 heteroatoms. The monoisotopic (exact) mass is 391 g/mol. The van der Waals surface area contributed by atoms with Crippen molar-refractivity contribution in [2.24, 2.45) is 0 Å². The van der Waals surface area contributed by atoms with Gasteiger partial charge in [-0.25, -0.2) is 4.79 Å². The Balaban J connectivity index is 1.53. The van der Waals surface area contributed by atoms with E-state index in [4.69, 9.17) is 4.52 Å². The summed E-state index contributed by atoms with van der Waals surface area (Å²) < 4.78 is 5.28. The summed E-state index contributed by atoms with van der Waals surface area (Å²) in [7, 11) is 0. The molecule has 1 N–H and O–H groups in total. The second-order valence-corrected chi connectivity index (χ2v) is 7.45. The minimum absolute atomic E-state index is 0.107. The fourth-order valence-corrected chi connectivity index (χ4v) is 3.26. The van der Waals surface area contributed by atoms with Gasteiger partial charge >= 0.3 is 6.03 Å². The largest absolute Gasteiger partial charge is 0.337 e. The van der Waals surface area contributed by atoms with Crippen LogP contribution in [0.2, 0.25) is 0 Å². The summed E-state index contributed by atoms with van der Waals surface area (Å²) in [5.74, 6) is 0.608. The average molecular weight is 391 g/mol. The van der Waals surface area contributed by atoms with Crippen molar-refractivity contribution in [3.63, 3.8) is 0 Å². The third kappa shape index (κ3) is 3.37. The van der Waals surface area contributed by atoms with Crippen molar-refractivity contribution in [3.05, 3.63) is 65.8 Å². The summed E-state index contributed by atoms with van der Waals surface area (Å²) in [4.78, 5) is 35.0. The molecule has 3 aromatic rings. The van der Waals surface area contributed by atoms with Gasteiger partial charge in [0.1, 0.15) is 6.54 Å². The number of nitrogens with one attached hydrogen (secondary N) is 1. The van der Waals surface area contributed by atoms with Crippen molar-refractivity contribution in [3.8, 4) is 11.4 Å². The van der Waals surface area contributed by atoms with Gasteiger partial charge in [0, 0.05) is 11.8 Å². The zero-order chi connectivity index (χ0) is 20.6. The van der Waals surface area contributed by atoms with E-state index in [2.05, 4.69) is 34.3 Å². The number of carbonyl (C=O) groups excluding carboxylic acids is 2. The zero-order valence-corrected chi connectivity index (χ0v) is 16.4. The van der Waals surface area contributed by atoms with Gasteiger partial charge in [0.2, 0.25) is 11.7 Å². The molecule has 0 spiro atoms. The topological polar surface area (TPSA) is 101 Å². The van der Waals surface area contributed by atoms with Crippen LogP contribution in [-0.4, -0.2) is 32.0 Å². The molecule has 1 aliphatic heterocycles. The van der Waals surface area contributed by atoms with Crippen LogP contribution in [0.5, 0.6) is 0 Å². The number of hydrogen-bond acceptors (Lipinski definition) is 6. The lowest BCUT2D eigenvalue weighted by Crippen LogP contribution is -2.41. The normalized spacial score (nSPS) is 19.1. The first kappa shape index (κ1) is 18.8. The highest BCUT2D eigenvalue weighted by molar-refractivity contribution is 6.06. The maximum atomic E-state index is 12.9. The molecule has 1 aromatic carbocycles. The Morgan fingerprint density at radius 3 is 2.55 bits per heavy atom. The van der Waals surface area contributed by atoms with Gasteiger partial charge in [0.05, 0.1) is 5.69 Å². The van der Waals surface area contributed by atoms with Crippen LogP contribution < -0.4 is 5.32 Å². The van der Waals surface area contributed by atoms with E-state index in [0.29, 0.717) is 17.4 Å². The molecule has 0 saturated carbocycles. The van der Waals surface area contributed by atoms with Crippen LogP contribution in [0, 0.1) is 0 Å². The summed E-state index contributed by atoms with van der Waals surface area (Å²) >= 11 is 0. The predicted octanol–water partition coefficient (Wildman–Crippen LogP) is 3.22. The van der Waals surface area contributed by atoms with Crippen LogP contribution in [0.15, 0.2) is 53.2 Å². The maximum absolute atomic E-state index is 12.9. The van der Waals surface area contributed by atoms with Gasteiger partial charge in [-0.2, -0.15) is 4.98 Å². The van der Waals surface area contributed by atoms with Crippen LogP contribution in [-0.2, 0) is 16.9 Å². The van der Waals surface area contributed by atoms with Crippen molar-refractivity contribution in [2.45, 2.75) is 38.8 Å². The lowest BCUT2D eigenvalue weighted by atomic mass is 9.97. The van der Waals surface area contributed by atoms with Gasteiger partial charge in [0.25, 0.3) is 5.91 Å². The molecule has 1 saturated heterocycles. The number of amides is 3. The Kier molecular flexibility index (Phi) is 4.62. The maximum Gasteiger partial charge on any atom is 0.325 e. The first-order valence-electron chi connectivity index (χ1n) is 9.37. The van der Waals surface area contributed by atoms with Crippen LogP contribution in [0.25, 0.3) is 11.4 Å². The highest BCUT2D eigenvalue weighted by Gasteiger charge is 2.50. The van der Waals surface area contributed by atoms with Gasteiger partial charge in [-0.3, -0.25) is 14.7 Å². The summed E-state index contributed by atoms with van der Waals surface area (Å²) in [5.41, 5.74) is 1.26. The molecule has 0 aliphatic carbocycles. The van der Waals surface area contributed by atoms with E-state index in [1.807, 2.05) is 24.3 Å². The van der Waals surface area contributed by atoms with E-state index in [9.17, 15) is 9.59 Å². The smallest absolute Gasteiger partial charge is 0.325 e. The summed E-state index contributed by atoms with van der Waals surface area (Å²) in [6.07, 6.45) is 1.58. The molecule has 3 heterocycles. The van der Waals surface area contributed by atoms with Gasteiger partial charge in [-0.15, -0.1) is 0 Å². The molecule has 1 fully saturated rings. The van der Waals surface area contributed by atoms with Gasteiger partial charge < -0.3 is 9.84 Å². The highest BCUT2D eigenvalue weighted by atomic mass is 16.5. The lowest BCUT2D eigenvalue weighted by molar-refractivity contribution is -0.131. The molecule has 1 atom stereocenters. The number of benzene rings is 1. The van der Waals surface area contributed by atoms with Crippen molar-refractivity contribution >= 4 is 11.9 Å². The molecular weight excluding hydrogens is 370 g/mol. The Morgan fingerprint density at radius 2 is 1.90 bits per heavy atom. The van der Waals surface area contributed by atoms with E-state index in [0.717, 1.165) is 10.5 Å². The number of rotatable bonds is 5. The van der Waals surface area contributed by atoms with Gasteiger partial charge in [0.15, 0.2) is 5.54 Å². The van der Waals surface area contributed by atoms with Crippen molar-refractivity contribution in [1.82, 2.24) is 25.3 Å². The molecule has 4 rings (SSSR count). The Bertz CT molecular complexity index is 1050. The fourth-order valence-electron chi connectivity index (χ4n) is 3.26. The fraction of sp³-hybridized carbons (Fsp3) is 0.286. The van der Waals surface area contributed by atoms with Crippen molar-refractivity contribution in [2.75, 3.05) is 0 Å². The number of carbonyl (C=O) groups is 2. The highest BCUT2D eigenvalue weighted by Crippen LogP contribution is 2.28. The summed E-state index contributed by atoms with van der Waals surface area (Å²) in [6.45, 7) is 5.77. The van der Waals surface area contributed by atoms with Crippen LogP contribution >= 0.6 is 0 Å². The molecule has 3 amide bonds. The Morgan fingerprint density at radius 1 is 1.14 bits per heavy atom. The first-order chi connectivity index (χ1) is 13.9. The van der Waals surface area contributed by atoms with Crippen molar-refractivity contribution in [1.29, 1.82) is 0 Å². The van der Waals surface area contributed by atoms with E-state index >= 15 is 0 Å². The van der Waals surface area contributed by atoms with Crippen molar-refractivity contribution < 1.29 is 14.1 Å². The molecule has 8 nitrogen and oxygen atoms in total. The number of urea groups is 1. The van der Waals surface area contributed by atoms with Crippen LogP contribution in [0.3, 0.4) is 0 Å². The quantitative estimate of drug-likeness (QED) is 0.670. The number of pyridine rings is 1. The molecular formula is C21H21N5O3. The second-order valence-electron chi connectivity index (χ2n) is 7.45. The Labute approximate surface area is 167 Å². The second kappa shape index (κ2) is 7.12. The third-order valence-electron chi connectivity index (χ3n) is 5.05. The summed E-state index contributed by atoms with van der Waals surface area (Å²) in [5, 5.41) is 6.69. The number of nitrogens with zero attached hydrogens (tertiary/aromatic N) is 4. The SMILES string of the molecule is CC(C)c1ccc(-c2noc(CN3C(=O)NC(C)(c4ccccn4)C3=O)n2)cc1. The van der Waals surface area contributed by atoms with E-state index in [1.165, 1.54) is 5.56 Å². The number of aromatic nitrogens is 3. The molecule has 29 heavy (non-hydrogen) atoms. The number of hydrogen-bond donors (Lipinski definition) is 1. The van der Waals surface area contributed by atoms with Gasteiger partial charge in [-0.1, -0.05) is 49.3 Å². The molecule has 1 aliphatic rings. The standard InChI is InChI=1S/C21H21N5O3/c1-13(2)14-7-9-15(10-8-14)18-23-17(29-25-18)12-26-19(27)21(3,24-20(26)28)16-6-4-5-11-22-16/h4-11,13H,12H2,1-3H3,(H,24,28). The van der Waals surface area contributed by atoms with Crippen LogP contribution in [0.4, 0.5) is 4.79 Å². The van der Waals surface area contributed by atoms with E-state index in [1.54, 1.807) is 31.3 Å². The predicted molar refractivity (Wildman–Crippen MR) is 104 cm³/mol. The van der Waals surface area contributed by atoms with Gasteiger partial charge in [-0.05, 0) is 30.5 Å². The molecule has 2 aromatic heterocycles. The van der Waals surface area contributed by atoms with E-state index < -0.39 is 17.5 Å². The lowest BCUT2D eigenvalue weighted by Gasteiger charge is -2.20. The summed E-state index contributed by atoms with van der Waals surface area (Å²) in [6, 6.07) is 12.6. The molecule has 0 radical (unpaired) electrons. The first-order valence-corrected chi connectivity index (χ1v) is 9.37. The minimum Gasteiger partial charge on any atom is -0.337 e. The third-order valence-corrected chi connectivity index (χ3v) is 5.05. The molecule has 1 unspecified atom stereocenters. The Hall–Kier alpha value is -3.55. The average Bonchev–Trinajstić information content (AvgIpc) is 3.28. The number of imide groups is 1. The zero-order valence-electron chi connectivity index (χ0n) is 16.4. The van der Waals surface area contributed by atoms with Crippen LogP contribution in [0.1, 0.15) is 43.8 Å². The molecule has 148 valence electrons. The van der Waals surface area contributed by atoms with E-state index in [-0.39, 0.29) is 12.4 Å².